The third-order valence-corrected chi connectivity index (χ3v) is 2.81. The minimum atomic E-state index is -0.305. The Morgan fingerprint density at radius 2 is 1.44 bits per heavy atom. The number of aromatic nitrogens is 1. The van der Waals surface area contributed by atoms with Gasteiger partial charge in [0.15, 0.2) is 0 Å². The summed E-state index contributed by atoms with van der Waals surface area (Å²) < 4.78 is 0. The number of carbonyl (C=O) groups excluding carboxylic acids is 2. The van der Waals surface area contributed by atoms with Crippen LogP contribution in [0.15, 0.2) is 18.2 Å². The normalized spacial score (nSPS) is 13.6. The average molecular weight is 379 g/mol. The van der Waals surface area contributed by atoms with Crippen molar-refractivity contribution in [2.75, 3.05) is 10.6 Å². The summed E-state index contributed by atoms with van der Waals surface area (Å²) in [5.41, 5.74) is 0. The highest BCUT2D eigenvalue weighted by molar-refractivity contribution is 9.10. The predicted molar refractivity (Wildman–Crippen MR) is 78.3 cm³/mol. The molecule has 0 aromatic carbocycles. The summed E-state index contributed by atoms with van der Waals surface area (Å²) in [7, 11) is 0. The molecule has 1 heterocycles. The van der Waals surface area contributed by atoms with Gasteiger partial charge in [-0.25, -0.2) is 4.98 Å². The zero-order chi connectivity index (χ0) is 13.7. The van der Waals surface area contributed by atoms with Gasteiger partial charge in [-0.15, -0.1) is 0 Å². The molecule has 1 aromatic rings. The number of hydrogen-bond acceptors (Lipinski definition) is 3. The predicted octanol–water partition coefficient (Wildman–Crippen LogP) is 2.53. The zero-order valence-electron chi connectivity index (χ0n) is 9.91. The van der Waals surface area contributed by atoms with Gasteiger partial charge in [-0.2, -0.15) is 0 Å². The van der Waals surface area contributed by atoms with Crippen molar-refractivity contribution in [3.05, 3.63) is 18.2 Å². The number of anilines is 2. The van der Waals surface area contributed by atoms with Gasteiger partial charge >= 0.3 is 0 Å². The van der Waals surface area contributed by atoms with Crippen LogP contribution in [0.1, 0.15) is 13.8 Å². The molecule has 5 nitrogen and oxygen atoms in total. The van der Waals surface area contributed by atoms with Crippen molar-refractivity contribution >= 4 is 55.3 Å². The summed E-state index contributed by atoms with van der Waals surface area (Å²) in [6.07, 6.45) is 0. The van der Waals surface area contributed by atoms with Gasteiger partial charge in [-0.1, -0.05) is 37.9 Å². The second kappa shape index (κ2) is 6.84. The van der Waals surface area contributed by atoms with E-state index in [0.717, 1.165) is 0 Å². The highest BCUT2D eigenvalue weighted by Gasteiger charge is 2.12. The molecule has 0 radical (unpaired) electrons. The topological polar surface area (TPSA) is 71.1 Å². The number of rotatable bonds is 4. The lowest BCUT2D eigenvalue weighted by Gasteiger charge is -2.09. The second-order valence-electron chi connectivity index (χ2n) is 3.62. The molecule has 0 spiro atoms. The van der Waals surface area contributed by atoms with Crippen molar-refractivity contribution in [3.63, 3.8) is 0 Å². The molecule has 0 bridgehead atoms. The molecule has 18 heavy (non-hydrogen) atoms. The van der Waals surface area contributed by atoms with E-state index >= 15 is 0 Å². The van der Waals surface area contributed by atoms with Crippen LogP contribution in [0.5, 0.6) is 0 Å². The van der Waals surface area contributed by atoms with E-state index in [1.54, 1.807) is 32.0 Å². The number of hydrogen-bond donors (Lipinski definition) is 2. The largest absolute Gasteiger partial charge is 0.310 e. The van der Waals surface area contributed by atoms with Crippen LogP contribution in [0.25, 0.3) is 0 Å². The van der Waals surface area contributed by atoms with Gasteiger partial charge in [0.05, 0.1) is 9.65 Å². The van der Waals surface area contributed by atoms with E-state index in [9.17, 15) is 9.59 Å². The molecule has 0 aliphatic heterocycles. The number of amides is 2. The molecule has 1 rings (SSSR count). The maximum atomic E-state index is 11.5. The zero-order valence-corrected chi connectivity index (χ0v) is 13.1. The molecule has 0 aliphatic carbocycles. The smallest absolute Gasteiger partial charge is 0.239 e. The number of pyridine rings is 1. The second-order valence-corrected chi connectivity index (χ2v) is 6.37. The standard InChI is InChI=1S/C11H13Br2N3O2/c1-6(12)10(17)15-8-4-3-5-9(14-8)16-11(18)7(2)13/h3-7H,1-2H3,(H2,14,15,16,17,18). The van der Waals surface area contributed by atoms with Gasteiger partial charge in [0.2, 0.25) is 11.8 Å². The van der Waals surface area contributed by atoms with E-state index in [-0.39, 0.29) is 21.5 Å². The first-order valence-corrected chi connectivity index (χ1v) is 7.10. The van der Waals surface area contributed by atoms with E-state index in [1.807, 2.05) is 0 Å². The van der Waals surface area contributed by atoms with Crippen molar-refractivity contribution in [2.24, 2.45) is 0 Å². The Balaban J connectivity index is 2.74. The number of carbonyl (C=O) groups is 2. The summed E-state index contributed by atoms with van der Waals surface area (Å²) in [4.78, 5) is 26.4. The quantitative estimate of drug-likeness (QED) is 0.791. The SMILES string of the molecule is CC(Br)C(=O)Nc1cccc(NC(=O)C(C)Br)n1. The van der Waals surface area contributed by atoms with Gasteiger partial charge in [-0.3, -0.25) is 9.59 Å². The van der Waals surface area contributed by atoms with Gasteiger partial charge in [0, 0.05) is 0 Å². The lowest BCUT2D eigenvalue weighted by Crippen LogP contribution is -2.22. The Bertz CT molecular complexity index is 412. The Kier molecular flexibility index (Phi) is 5.74. The summed E-state index contributed by atoms with van der Waals surface area (Å²) in [6.45, 7) is 3.43. The number of nitrogens with zero attached hydrogens (tertiary/aromatic N) is 1. The fourth-order valence-electron chi connectivity index (χ4n) is 1.03. The van der Waals surface area contributed by atoms with Crippen LogP contribution in [0.2, 0.25) is 0 Å². The van der Waals surface area contributed by atoms with Crippen molar-refractivity contribution in [2.45, 2.75) is 23.5 Å². The molecule has 2 N–H and O–H groups in total. The Morgan fingerprint density at radius 1 is 1.06 bits per heavy atom. The van der Waals surface area contributed by atoms with Crippen LogP contribution in [-0.2, 0) is 9.59 Å². The minimum absolute atomic E-state index is 0.195. The molecule has 7 heteroatoms. The van der Waals surface area contributed by atoms with Gasteiger partial charge in [0.1, 0.15) is 11.6 Å². The lowest BCUT2D eigenvalue weighted by molar-refractivity contribution is -0.116. The van der Waals surface area contributed by atoms with Crippen LogP contribution >= 0.6 is 31.9 Å². The molecule has 2 unspecified atom stereocenters. The summed E-state index contributed by atoms with van der Waals surface area (Å²) in [5, 5.41) is 5.25. The summed E-state index contributed by atoms with van der Waals surface area (Å²) in [6, 6.07) is 5.01. The number of halogens is 2. The highest BCUT2D eigenvalue weighted by Crippen LogP contribution is 2.12. The molecule has 0 fully saturated rings. The van der Waals surface area contributed by atoms with Gasteiger partial charge in [0.25, 0.3) is 0 Å². The molecule has 0 aliphatic rings. The Hall–Kier alpha value is -0.950. The van der Waals surface area contributed by atoms with E-state index in [4.69, 9.17) is 0 Å². The fraction of sp³-hybridized carbons (Fsp3) is 0.364. The maximum Gasteiger partial charge on any atom is 0.239 e. The van der Waals surface area contributed by atoms with E-state index in [0.29, 0.717) is 11.6 Å². The third kappa shape index (κ3) is 4.73. The first-order valence-electron chi connectivity index (χ1n) is 5.27. The molecule has 0 saturated heterocycles. The fourth-order valence-corrected chi connectivity index (χ4v) is 1.25. The number of alkyl halides is 2. The molecule has 98 valence electrons. The van der Waals surface area contributed by atoms with E-state index in [1.165, 1.54) is 0 Å². The van der Waals surface area contributed by atoms with E-state index in [2.05, 4.69) is 47.5 Å². The van der Waals surface area contributed by atoms with Gasteiger partial charge in [-0.05, 0) is 26.0 Å². The summed E-state index contributed by atoms with van der Waals surface area (Å²) >= 11 is 6.32. The Morgan fingerprint density at radius 3 is 1.78 bits per heavy atom. The van der Waals surface area contributed by atoms with Crippen molar-refractivity contribution in [1.82, 2.24) is 4.98 Å². The van der Waals surface area contributed by atoms with Crippen LogP contribution in [0.3, 0.4) is 0 Å². The molecule has 1 aromatic heterocycles. The van der Waals surface area contributed by atoms with E-state index < -0.39 is 0 Å². The Labute approximate surface area is 122 Å². The van der Waals surface area contributed by atoms with Crippen LogP contribution < -0.4 is 10.6 Å². The maximum absolute atomic E-state index is 11.5. The first-order chi connectivity index (χ1) is 8.40. The summed E-state index contributed by atoms with van der Waals surface area (Å²) in [5.74, 6) is 0.400. The molecular weight excluding hydrogens is 366 g/mol. The van der Waals surface area contributed by atoms with Crippen molar-refractivity contribution in [3.8, 4) is 0 Å². The van der Waals surface area contributed by atoms with Crippen LogP contribution in [0.4, 0.5) is 11.6 Å². The molecule has 2 amide bonds. The average Bonchev–Trinajstić information content (AvgIpc) is 2.29. The van der Waals surface area contributed by atoms with Crippen molar-refractivity contribution < 1.29 is 9.59 Å². The highest BCUT2D eigenvalue weighted by atomic mass is 79.9. The minimum Gasteiger partial charge on any atom is -0.310 e. The third-order valence-electron chi connectivity index (χ3n) is 1.97. The lowest BCUT2D eigenvalue weighted by atomic mass is 10.4. The van der Waals surface area contributed by atoms with Gasteiger partial charge < -0.3 is 10.6 Å². The molecule has 0 saturated carbocycles. The first kappa shape index (κ1) is 15.1. The van der Waals surface area contributed by atoms with Crippen molar-refractivity contribution in [1.29, 1.82) is 0 Å². The molecular formula is C11H13Br2N3O2. The number of nitrogens with one attached hydrogen (secondary N) is 2. The van der Waals surface area contributed by atoms with Crippen LogP contribution in [0, 0.1) is 0 Å². The van der Waals surface area contributed by atoms with Crippen LogP contribution in [-0.4, -0.2) is 26.5 Å². The monoisotopic (exact) mass is 377 g/mol. The molecule has 2 atom stereocenters.